The zero-order valence-electron chi connectivity index (χ0n) is 8.50. The maximum atomic E-state index is 10.8. The fraction of sp³-hybridized carbons (Fsp3) is 1.00. The van der Waals surface area contributed by atoms with Crippen molar-refractivity contribution in [1.29, 1.82) is 0 Å². The van der Waals surface area contributed by atoms with Gasteiger partial charge in [-0.3, -0.25) is 0 Å². The Morgan fingerprint density at radius 2 is 2.14 bits per heavy atom. The molecule has 1 atom stereocenters. The van der Waals surface area contributed by atoms with E-state index in [9.17, 15) is 8.42 Å². The number of hydrogen-bond donors (Lipinski definition) is 1. The molecule has 1 aliphatic rings. The number of rotatable bonds is 7. The number of hydrogen-bond acceptors (Lipinski definition) is 3. The van der Waals surface area contributed by atoms with Crippen LogP contribution in [-0.4, -0.2) is 38.9 Å². The van der Waals surface area contributed by atoms with E-state index in [1.54, 1.807) is 0 Å². The molecule has 0 saturated heterocycles. The van der Waals surface area contributed by atoms with Gasteiger partial charge in [-0.2, -0.15) is 0 Å². The number of nitrogens with one attached hydrogen (secondary N) is 1. The van der Waals surface area contributed by atoms with Gasteiger partial charge in [0.05, 0.1) is 5.75 Å². The average Bonchev–Trinajstić information content (AvgIpc) is 2.83. The molecule has 0 aromatic rings. The molecule has 1 aliphatic carbocycles. The third-order valence-corrected chi connectivity index (χ3v) is 3.88. The molecule has 0 aromatic carbocycles. The molecule has 0 bridgehead atoms. The largest absolute Gasteiger partial charge is 0.315 e. The van der Waals surface area contributed by atoms with E-state index in [2.05, 4.69) is 5.32 Å². The van der Waals surface area contributed by atoms with E-state index in [1.807, 2.05) is 0 Å². The quantitative estimate of drug-likeness (QED) is 0.533. The Labute approximate surface area is 91.1 Å². The van der Waals surface area contributed by atoms with Crippen LogP contribution in [0.5, 0.6) is 0 Å². The van der Waals surface area contributed by atoms with Crippen molar-refractivity contribution in [2.45, 2.75) is 24.6 Å². The molecule has 0 aliphatic heterocycles. The normalized spacial score (nSPS) is 19.6. The fourth-order valence-electron chi connectivity index (χ4n) is 1.32. The summed E-state index contributed by atoms with van der Waals surface area (Å²) in [5.41, 5.74) is 0. The lowest BCUT2D eigenvalue weighted by atomic mass is 10.3. The lowest BCUT2D eigenvalue weighted by Crippen LogP contribution is -2.26. The van der Waals surface area contributed by atoms with Crippen LogP contribution >= 0.6 is 11.6 Å². The molecule has 14 heavy (non-hydrogen) atoms. The van der Waals surface area contributed by atoms with Gasteiger partial charge in [0.1, 0.15) is 9.84 Å². The highest BCUT2D eigenvalue weighted by Crippen LogP contribution is 2.35. The summed E-state index contributed by atoms with van der Waals surface area (Å²) in [5, 5.41) is 3.41. The predicted octanol–water partition coefficient (Wildman–Crippen LogP) is 1.03. The second-order valence-electron chi connectivity index (χ2n) is 4.04. The van der Waals surface area contributed by atoms with Gasteiger partial charge in [0.15, 0.2) is 0 Å². The summed E-state index contributed by atoms with van der Waals surface area (Å²) < 4.78 is 21.6. The Morgan fingerprint density at radius 3 is 2.64 bits per heavy atom. The Bertz CT molecular complexity index is 262. The monoisotopic (exact) mass is 239 g/mol. The van der Waals surface area contributed by atoms with Crippen molar-refractivity contribution in [3.05, 3.63) is 0 Å². The van der Waals surface area contributed by atoms with Crippen molar-refractivity contribution in [2.75, 3.05) is 25.1 Å². The van der Waals surface area contributed by atoms with E-state index < -0.39 is 9.84 Å². The first-order chi connectivity index (χ1) is 6.49. The average molecular weight is 240 g/mol. The third kappa shape index (κ3) is 5.83. The van der Waals surface area contributed by atoms with Crippen LogP contribution in [0.25, 0.3) is 0 Å². The van der Waals surface area contributed by atoms with Gasteiger partial charge in [-0.25, -0.2) is 8.42 Å². The molecule has 1 N–H and O–H groups in total. The SMILES string of the molecule is CS(=O)(=O)CCCNCC(Cl)C1CC1. The van der Waals surface area contributed by atoms with E-state index in [1.165, 1.54) is 19.1 Å². The topological polar surface area (TPSA) is 46.2 Å². The molecule has 1 unspecified atom stereocenters. The van der Waals surface area contributed by atoms with E-state index >= 15 is 0 Å². The number of alkyl halides is 1. The molecule has 5 heteroatoms. The van der Waals surface area contributed by atoms with Gasteiger partial charge in [0.2, 0.25) is 0 Å². The van der Waals surface area contributed by atoms with Crippen LogP contribution in [0.1, 0.15) is 19.3 Å². The molecule has 0 spiro atoms. The molecule has 1 saturated carbocycles. The molecule has 0 radical (unpaired) electrons. The predicted molar refractivity (Wildman–Crippen MR) is 59.6 cm³/mol. The Hall–Kier alpha value is 0.200. The van der Waals surface area contributed by atoms with E-state index in [4.69, 9.17) is 11.6 Å². The minimum absolute atomic E-state index is 0.230. The zero-order valence-corrected chi connectivity index (χ0v) is 10.1. The summed E-state index contributed by atoms with van der Waals surface area (Å²) in [7, 11) is -2.80. The van der Waals surface area contributed by atoms with Gasteiger partial charge in [-0.15, -0.1) is 11.6 Å². The van der Waals surface area contributed by atoms with Crippen molar-refractivity contribution in [3.63, 3.8) is 0 Å². The standard InChI is InChI=1S/C9H18ClNO2S/c1-14(12,13)6-2-5-11-7-9(10)8-3-4-8/h8-9,11H,2-7H2,1H3. The van der Waals surface area contributed by atoms with E-state index in [0.29, 0.717) is 12.3 Å². The lowest BCUT2D eigenvalue weighted by Gasteiger charge is -2.08. The maximum Gasteiger partial charge on any atom is 0.147 e. The number of halogens is 1. The van der Waals surface area contributed by atoms with Crippen LogP contribution < -0.4 is 5.32 Å². The van der Waals surface area contributed by atoms with Crippen molar-refractivity contribution in [3.8, 4) is 0 Å². The van der Waals surface area contributed by atoms with Crippen LogP contribution in [0.4, 0.5) is 0 Å². The van der Waals surface area contributed by atoms with Crippen molar-refractivity contribution < 1.29 is 8.42 Å². The summed E-state index contributed by atoms with van der Waals surface area (Å²) in [6, 6.07) is 0. The summed E-state index contributed by atoms with van der Waals surface area (Å²) >= 11 is 6.07. The molecule has 0 aromatic heterocycles. The molecule has 1 rings (SSSR count). The van der Waals surface area contributed by atoms with Gasteiger partial charge < -0.3 is 5.32 Å². The molecular weight excluding hydrogens is 222 g/mol. The van der Waals surface area contributed by atoms with Crippen LogP contribution in [-0.2, 0) is 9.84 Å². The minimum atomic E-state index is -2.80. The van der Waals surface area contributed by atoms with E-state index in [0.717, 1.165) is 13.1 Å². The molecule has 1 fully saturated rings. The molecular formula is C9H18ClNO2S. The van der Waals surface area contributed by atoms with Gasteiger partial charge in [0.25, 0.3) is 0 Å². The first-order valence-electron chi connectivity index (χ1n) is 5.01. The zero-order chi connectivity index (χ0) is 10.6. The Balaban J connectivity index is 1.93. The highest BCUT2D eigenvalue weighted by molar-refractivity contribution is 7.90. The van der Waals surface area contributed by atoms with Crippen LogP contribution in [0.15, 0.2) is 0 Å². The van der Waals surface area contributed by atoms with Crippen molar-refractivity contribution in [1.82, 2.24) is 5.32 Å². The highest BCUT2D eigenvalue weighted by atomic mass is 35.5. The fourth-order valence-corrected chi connectivity index (χ4v) is 2.35. The van der Waals surface area contributed by atoms with Gasteiger partial charge >= 0.3 is 0 Å². The summed E-state index contributed by atoms with van der Waals surface area (Å²) in [6.07, 6.45) is 4.44. The minimum Gasteiger partial charge on any atom is -0.315 e. The molecule has 0 amide bonds. The summed E-state index contributed by atoms with van der Waals surface area (Å²) in [5.74, 6) is 0.954. The molecule has 84 valence electrons. The van der Waals surface area contributed by atoms with Gasteiger partial charge in [0, 0.05) is 18.2 Å². The molecule has 3 nitrogen and oxygen atoms in total. The van der Waals surface area contributed by atoms with Crippen LogP contribution in [0.3, 0.4) is 0 Å². The number of sulfone groups is 1. The van der Waals surface area contributed by atoms with Crippen LogP contribution in [0, 0.1) is 5.92 Å². The third-order valence-electron chi connectivity index (χ3n) is 2.34. The van der Waals surface area contributed by atoms with Crippen molar-refractivity contribution in [2.24, 2.45) is 5.92 Å². The Morgan fingerprint density at radius 1 is 1.50 bits per heavy atom. The Kier molecular flexibility index (Phi) is 4.67. The first-order valence-corrected chi connectivity index (χ1v) is 7.51. The lowest BCUT2D eigenvalue weighted by molar-refractivity contribution is 0.587. The van der Waals surface area contributed by atoms with Gasteiger partial charge in [-0.05, 0) is 31.7 Å². The summed E-state index contributed by atoms with van der Waals surface area (Å²) in [4.78, 5) is 0. The van der Waals surface area contributed by atoms with Crippen LogP contribution in [0.2, 0.25) is 0 Å². The van der Waals surface area contributed by atoms with Gasteiger partial charge in [-0.1, -0.05) is 0 Å². The second-order valence-corrected chi connectivity index (χ2v) is 6.86. The smallest absolute Gasteiger partial charge is 0.147 e. The van der Waals surface area contributed by atoms with Crippen molar-refractivity contribution >= 4 is 21.4 Å². The summed E-state index contributed by atoms with van der Waals surface area (Å²) in [6.45, 7) is 1.54. The molecule has 0 heterocycles. The first kappa shape index (κ1) is 12.3. The van der Waals surface area contributed by atoms with E-state index in [-0.39, 0.29) is 11.1 Å². The second kappa shape index (κ2) is 5.33. The highest BCUT2D eigenvalue weighted by Gasteiger charge is 2.28. The maximum absolute atomic E-state index is 10.8.